The monoisotopic (exact) mass is 347 g/mol. The van der Waals surface area contributed by atoms with Crippen molar-refractivity contribution < 1.29 is 15.0 Å². The molecule has 1 atom stereocenters. The van der Waals surface area contributed by atoms with E-state index in [1.165, 1.54) is 18.7 Å². The number of aliphatic hydroxyl groups is 2. The second-order valence-electron chi connectivity index (χ2n) is 4.63. The molecule has 19 heavy (non-hydrogen) atoms. The fourth-order valence-corrected chi connectivity index (χ4v) is 2.63. The Morgan fingerprint density at radius 3 is 2.79 bits per heavy atom. The minimum Gasteiger partial charge on any atom is -0.393 e. The molecule has 0 heterocycles. The van der Waals surface area contributed by atoms with Crippen molar-refractivity contribution >= 4 is 33.6 Å². The van der Waals surface area contributed by atoms with Crippen LogP contribution in [0.3, 0.4) is 0 Å². The molecule has 1 amide bonds. The molecule has 0 saturated carbocycles. The smallest absolute Gasteiger partial charge is 0.230 e. The highest BCUT2D eigenvalue weighted by molar-refractivity contribution is 9.10. The molecule has 1 rings (SSSR count). The molecule has 0 spiro atoms. The van der Waals surface area contributed by atoms with Gasteiger partial charge in [0.05, 0.1) is 12.4 Å². The summed E-state index contributed by atoms with van der Waals surface area (Å²) in [6.45, 7) is 3.12. The summed E-state index contributed by atoms with van der Waals surface area (Å²) in [6, 6.07) is 5.89. The van der Waals surface area contributed by atoms with Crippen molar-refractivity contribution in [3.8, 4) is 0 Å². The second-order valence-corrected chi connectivity index (χ2v) is 6.56. The summed E-state index contributed by atoms with van der Waals surface area (Å²) >= 11 is 4.84. The molecule has 0 aliphatic rings. The van der Waals surface area contributed by atoms with Crippen molar-refractivity contribution in [3.63, 3.8) is 0 Å². The standard InChI is InChI=1S/C13H18BrNO3S/c1-9-5-10(14)3-4-11(9)19-6-12(17)15-7-13(2,18)8-16/h3-5,16,18H,6-8H2,1-2H3,(H,15,17). The van der Waals surface area contributed by atoms with E-state index in [0.29, 0.717) is 0 Å². The highest BCUT2D eigenvalue weighted by atomic mass is 79.9. The first-order chi connectivity index (χ1) is 8.84. The number of amides is 1. The van der Waals surface area contributed by atoms with Crippen LogP contribution in [0, 0.1) is 6.92 Å². The van der Waals surface area contributed by atoms with Crippen molar-refractivity contribution in [2.24, 2.45) is 0 Å². The van der Waals surface area contributed by atoms with Crippen LogP contribution in [0.2, 0.25) is 0 Å². The van der Waals surface area contributed by atoms with Crippen LogP contribution in [0.15, 0.2) is 27.6 Å². The van der Waals surface area contributed by atoms with E-state index in [1.807, 2.05) is 25.1 Å². The molecule has 0 saturated heterocycles. The highest BCUT2D eigenvalue weighted by Crippen LogP contribution is 2.25. The minimum atomic E-state index is -1.27. The van der Waals surface area contributed by atoms with Crippen LogP contribution in [-0.4, -0.2) is 40.6 Å². The molecule has 3 N–H and O–H groups in total. The predicted molar refractivity (Wildman–Crippen MR) is 80.3 cm³/mol. The van der Waals surface area contributed by atoms with Gasteiger partial charge in [-0.15, -0.1) is 11.8 Å². The van der Waals surface area contributed by atoms with Gasteiger partial charge in [0, 0.05) is 15.9 Å². The van der Waals surface area contributed by atoms with Crippen LogP contribution in [0.5, 0.6) is 0 Å². The van der Waals surface area contributed by atoms with Gasteiger partial charge >= 0.3 is 0 Å². The number of carbonyl (C=O) groups excluding carboxylic acids is 1. The zero-order valence-electron chi connectivity index (χ0n) is 10.9. The molecule has 6 heteroatoms. The molecule has 0 aliphatic heterocycles. The average molecular weight is 348 g/mol. The lowest BCUT2D eigenvalue weighted by Gasteiger charge is -2.20. The molecule has 0 fully saturated rings. The topological polar surface area (TPSA) is 69.6 Å². The van der Waals surface area contributed by atoms with E-state index in [9.17, 15) is 9.90 Å². The van der Waals surface area contributed by atoms with E-state index < -0.39 is 5.60 Å². The molecule has 4 nitrogen and oxygen atoms in total. The Morgan fingerprint density at radius 2 is 2.21 bits per heavy atom. The molecule has 0 bridgehead atoms. The number of rotatable bonds is 6. The summed E-state index contributed by atoms with van der Waals surface area (Å²) in [5.74, 6) is 0.116. The Bertz CT molecular complexity index is 452. The molecular formula is C13H18BrNO3S. The maximum Gasteiger partial charge on any atom is 0.230 e. The van der Waals surface area contributed by atoms with Crippen molar-refractivity contribution in [1.82, 2.24) is 5.32 Å². The second kappa shape index (κ2) is 7.28. The minimum absolute atomic E-state index is 0.0439. The summed E-state index contributed by atoms with van der Waals surface area (Å²) in [6.07, 6.45) is 0. The van der Waals surface area contributed by atoms with Gasteiger partial charge in [-0.05, 0) is 37.6 Å². The van der Waals surface area contributed by atoms with Crippen molar-refractivity contribution in [2.75, 3.05) is 18.9 Å². The molecule has 1 aromatic rings. The molecule has 1 unspecified atom stereocenters. The summed E-state index contributed by atoms with van der Waals surface area (Å²) in [4.78, 5) is 12.7. The number of benzene rings is 1. The van der Waals surface area contributed by atoms with Gasteiger partial charge in [0.25, 0.3) is 0 Å². The van der Waals surface area contributed by atoms with E-state index in [1.54, 1.807) is 0 Å². The van der Waals surface area contributed by atoms with E-state index in [0.717, 1.165) is 14.9 Å². The molecular weight excluding hydrogens is 330 g/mol. The van der Waals surface area contributed by atoms with Crippen molar-refractivity contribution in [1.29, 1.82) is 0 Å². The number of nitrogens with one attached hydrogen (secondary N) is 1. The van der Waals surface area contributed by atoms with Crippen LogP contribution in [0.25, 0.3) is 0 Å². The van der Waals surface area contributed by atoms with E-state index >= 15 is 0 Å². The number of hydrogen-bond donors (Lipinski definition) is 3. The molecule has 106 valence electrons. The van der Waals surface area contributed by atoms with Crippen LogP contribution in [0.4, 0.5) is 0 Å². The number of carbonyl (C=O) groups is 1. The third-order valence-corrected chi connectivity index (χ3v) is 4.17. The lowest BCUT2D eigenvalue weighted by atomic mass is 10.1. The van der Waals surface area contributed by atoms with Crippen LogP contribution >= 0.6 is 27.7 Å². The fourth-order valence-electron chi connectivity index (χ4n) is 1.31. The summed E-state index contributed by atoms with van der Waals surface area (Å²) in [7, 11) is 0. The highest BCUT2D eigenvalue weighted by Gasteiger charge is 2.19. The van der Waals surface area contributed by atoms with Gasteiger partial charge in [0.15, 0.2) is 0 Å². The third kappa shape index (κ3) is 5.95. The predicted octanol–water partition coefficient (Wildman–Crippen LogP) is 1.71. The van der Waals surface area contributed by atoms with E-state index in [4.69, 9.17) is 5.11 Å². The zero-order chi connectivity index (χ0) is 14.5. The first kappa shape index (κ1) is 16.5. The Morgan fingerprint density at radius 1 is 1.53 bits per heavy atom. The molecule has 0 aliphatic carbocycles. The van der Waals surface area contributed by atoms with E-state index in [2.05, 4.69) is 21.2 Å². The largest absolute Gasteiger partial charge is 0.393 e. The Balaban J connectivity index is 2.42. The lowest BCUT2D eigenvalue weighted by Crippen LogP contribution is -2.43. The first-order valence-electron chi connectivity index (χ1n) is 5.83. The van der Waals surface area contributed by atoms with Gasteiger partial charge in [-0.2, -0.15) is 0 Å². The maximum absolute atomic E-state index is 11.6. The normalized spacial score (nSPS) is 13.9. The van der Waals surface area contributed by atoms with Gasteiger partial charge in [0.1, 0.15) is 5.60 Å². The number of aryl methyl sites for hydroxylation is 1. The quantitative estimate of drug-likeness (QED) is 0.685. The van der Waals surface area contributed by atoms with Crippen LogP contribution in [-0.2, 0) is 4.79 Å². The van der Waals surface area contributed by atoms with Gasteiger partial charge in [-0.1, -0.05) is 15.9 Å². The number of halogens is 1. The van der Waals surface area contributed by atoms with E-state index in [-0.39, 0.29) is 24.8 Å². The number of thioether (sulfide) groups is 1. The Kier molecular flexibility index (Phi) is 6.32. The van der Waals surface area contributed by atoms with Gasteiger partial charge in [-0.25, -0.2) is 0 Å². The van der Waals surface area contributed by atoms with Gasteiger partial charge < -0.3 is 15.5 Å². The Hall–Kier alpha value is -0.560. The first-order valence-corrected chi connectivity index (χ1v) is 7.61. The zero-order valence-corrected chi connectivity index (χ0v) is 13.3. The molecule has 0 aromatic heterocycles. The molecule has 0 radical (unpaired) electrons. The number of aliphatic hydroxyl groups excluding tert-OH is 1. The fraction of sp³-hybridized carbons (Fsp3) is 0.462. The maximum atomic E-state index is 11.6. The summed E-state index contributed by atoms with van der Waals surface area (Å²) in [5, 5.41) is 21.0. The number of hydrogen-bond acceptors (Lipinski definition) is 4. The SMILES string of the molecule is Cc1cc(Br)ccc1SCC(=O)NCC(C)(O)CO. The molecule has 1 aromatic carbocycles. The lowest BCUT2D eigenvalue weighted by molar-refractivity contribution is -0.120. The van der Waals surface area contributed by atoms with Crippen LogP contribution < -0.4 is 5.32 Å². The Labute approximate surface area is 125 Å². The summed E-state index contributed by atoms with van der Waals surface area (Å²) in [5.41, 5.74) is -0.164. The summed E-state index contributed by atoms with van der Waals surface area (Å²) < 4.78 is 1.01. The van der Waals surface area contributed by atoms with Gasteiger partial charge in [0.2, 0.25) is 5.91 Å². The van der Waals surface area contributed by atoms with Gasteiger partial charge in [-0.3, -0.25) is 4.79 Å². The van der Waals surface area contributed by atoms with Crippen molar-refractivity contribution in [2.45, 2.75) is 24.3 Å². The van der Waals surface area contributed by atoms with Crippen molar-refractivity contribution in [3.05, 3.63) is 28.2 Å². The third-order valence-electron chi connectivity index (χ3n) is 2.50. The average Bonchev–Trinajstić information content (AvgIpc) is 2.35. The van der Waals surface area contributed by atoms with Crippen LogP contribution in [0.1, 0.15) is 12.5 Å².